The van der Waals surface area contributed by atoms with Crippen molar-refractivity contribution in [3.05, 3.63) is 36.0 Å². The number of methoxy groups -OCH3 is 1. The predicted octanol–water partition coefficient (Wildman–Crippen LogP) is 2.42. The van der Waals surface area contributed by atoms with E-state index in [1.165, 1.54) is 7.11 Å². The van der Waals surface area contributed by atoms with Crippen molar-refractivity contribution >= 4 is 10.0 Å². The lowest BCUT2D eigenvalue weighted by molar-refractivity contribution is 0.262. The van der Waals surface area contributed by atoms with Crippen molar-refractivity contribution in [2.75, 3.05) is 20.2 Å². The molecule has 0 unspecified atom stereocenters. The van der Waals surface area contributed by atoms with E-state index in [9.17, 15) is 8.42 Å². The molecule has 3 rings (SSSR count). The van der Waals surface area contributed by atoms with Crippen LogP contribution in [0, 0.1) is 12.8 Å². The number of aromatic nitrogens is 2. The first-order valence-electron chi connectivity index (χ1n) is 8.42. The third-order valence-corrected chi connectivity index (χ3v) is 6.49. The van der Waals surface area contributed by atoms with Crippen LogP contribution in [0.3, 0.4) is 0 Å². The zero-order valence-corrected chi connectivity index (χ0v) is 15.3. The van der Waals surface area contributed by atoms with Gasteiger partial charge < -0.3 is 9.26 Å². The first-order valence-corrected chi connectivity index (χ1v) is 9.86. The fourth-order valence-corrected chi connectivity index (χ4v) is 4.63. The average Bonchev–Trinajstić information content (AvgIpc) is 3.05. The Morgan fingerprint density at radius 3 is 2.72 bits per heavy atom. The SMILES string of the molecule is COc1cccc(S(=O)(=O)N2CCC(CCc3noc(C)n3)CC2)c1. The van der Waals surface area contributed by atoms with Gasteiger partial charge in [-0.3, -0.25) is 0 Å². The molecule has 2 heterocycles. The largest absolute Gasteiger partial charge is 0.497 e. The van der Waals surface area contributed by atoms with Gasteiger partial charge in [-0.1, -0.05) is 11.2 Å². The van der Waals surface area contributed by atoms with E-state index in [0.29, 0.717) is 30.6 Å². The van der Waals surface area contributed by atoms with E-state index < -0.39 is 10.0 Å². The highest BCUT2D eigenvalue weighted by Crippen LogP contribution is 2.27. The molecule has 1 aromatic heterocycles. The van der Waals surface area contributed by atoms with Crippen LogP contribution in [0.5, 0.6) is 5.75 Å². The van der Waals surface area contributed by atoms with Crippen LogP contribution in [-0.4, -0.2) is 43.1 Å². The number of piperidine rings is 1. The molecular formula is C17H23N3O4S. The summed E-state index contributed by atoms with van der Waals surface area (Å²) in [7, 11) is -1.94. The third-order valence-electron chi connectivity index (χ3n) is 4.60. The van der Waals surface area contributed by atoms with E-state index in [4.69, 9.17) is 9.26 Å². The number of ether oxygens (including phenoxy) is 1. The normalized spacial score (nSPS) is 16.9. The molecule has 0 bridgehead atoms. The number of nitrogens with zero attached hydrogens (tertiary/aromatic N) is 3. The van der Waals surface area contributed by atoms with E-state index in [-0.39, 0.29) is 4.90 Å². The van der Waals surface area contributed by atoms with Crippen molar-refractivity contribution in [2.24, 2.45) is 5.92 Å². The second-order valence-corrected chi connectivity index (χ2v) is 8.23. The lowest BCUT2D eigenvalue weighted by atomic mass is 9.93. The molecule has 7 nitrogen and oxygen atoms in total. The van der Waals surface area contributed by atoms with E-state index >= 15 is 0 Å². The Balaban J connectivity index is 1.57. The zero-order chi connectivity index (χ0) is 17.9. The molecule has 25 heavy (non-hydrogen) atoms. The highest BCUT2D eigenvalue weighted by Gasteiger charge is 2.29. The predicted molar refractivity (Wildman–Crippen MR) is 91.8 cm³/mol. The first kappa shape index (κ1) is 17.9. The summed E-state index contributed by atoms with van der Waals surface area (Å²) in [5.41, 5.74) is 0. The maximum absolute atomic E-state index is 12.8. The Hall–Kier alpha value is -1.93. The van der Waals surface area contributed by atoms with Crippen LogP contribution in [0.2, 0.25) is 0 Å². The van der Waals surface area contributed by atoms with Gasteiger partial charge in [-0.25, -0.2) is 8.42 Å². The second kappa shape index (κ2) is 7.53. The van der Waals surface area contributed by atoms with E-state index in [2.05, 4.69) is 10.1 Å². The zero-order valence-electron chi connectivity index (χ0n) is 14.5. The number of benzene rings is 1. The molecule has 0 radical (unpaired) electrons. The molecular weight excluding hydrogens is 342 g/mol. The van der Waals surface area contributed by atoms with Gasteiger partial charge >= 0.3 is 0 Å². The highest BCUT2D eigenvalue weighted by atomic mass is 32.2. The summed E-state index contributed by atoms with van der Waals surface area (Å²) in [6, 6.07) is 6.62. The number of hydrogen-bond acceptors (Lipinski definition) is 6. The lowest BCUT2D eigenvalue weighted by Crippen LogP contribution is -2.38. The monoisotopic (exact) mass is 365 g/mol. The molecule has 8 heteroatoms. The quantitative estimate of drug-likeness (QED) is 0.781. The number of hydrogen-bond donors (Lipinski definition) is 0. The molecule has 1 saturated heterocycles. The molecule has 0 N–H and O–H groups in total. The standard InChI is InChI=1S/C17H23N3O4S/c1-13-18-17(19-24-13)7-6-14-8-10-20(11-9-14)25(21,22)16-5-3-4-15(12-16)23-2/h3-5,12,14H,6-11H2,1-2H3. The summed E-state index contributed by atoms with van der Waals surface area (Å²) in [4.78, 5) is 4.49. The van der Waals surface area contributed by atoms with E-state index in [1.807, 2.05) is 0 Å². The van der Waals surface area contributed by atoms with Gasteiger partial charge in [-0.2, -0.15) is 9.29 Å². The Morgan fingerprint density at radius 1 is 1.32 bits per heavy atom. The van der Waals surface area contributed by atoms with Crippen LogP contribution in [0.1, 0.15) is 31.0 Å². The van der Waals surface area contributed by atoms with Crippen LogP contribution in [0.4, 0.5) is 0 Å². The lowest BCUT2D eigenvalue weighted by Gasteiger charge is -2.31. The number of aryl methyl sites for hydroxylation is 2. The molecule has 1 aromatic carbocycles. The molecule has 0 spiro atoms. The maximum atomic E-state index is 12.8. The van der Waals surface area contributed by atoms with Gasteiger partial charge in [-0.15, -0.1) is 0 Å². The number of sulfonamides is 1. The minimum atomic E-state index is -3.47. The summed E-state index contributed by atoms with van der Waals surface area (Å²) >= 11 is 0. The van der Waals surface area contributed by atoms with Gasteiger partial charge in [0.25, 0.3) is 0 Å². The summed E-state index contributed by atoms with van der Waals surface area (Å²) < 4.78 is 37.2. The second-order valence-electron chi connectivity index (χ2n) is 6.29. The van der Waals surface area contributed by atoms with Crippen molar-refractivity contribution in [1.82, 2.24) is 14.4 Å². The Kier molecular flexibility index (Phi) is 5.39. The van der Waals surface area contributed by atoms with Crippen molar-refractivity contribution in [1.29, 1.82) is 0 Å². The summed E-state index contributed by atoms with van der Waals surface area (Å²) in [6.45, 7) is 2.85. The van der Waals surface area contributed by atoms with E-state index in [1.54, 1.807) is 35.5 Å². The van der Waals surface area contributed by atoms with Gasteiger partial charge in [0.1, 0.15) is 5.75 Å². The molecule has 2 aromatic rings. The molecule has 1 aliphatic heterocycles. The fourth-order valence-electron chi connectivity index (χ4n) is 3.13. The minimum Gasteiger partial charge on any atom is -0.497 e. The van der Waals surface area contributed by atoms with Gasteiger partial charge in [-0.05, 0) is 37.3 Å². The highest BCUT2D eigenvalue weighted by molar-refractivity contribution is 7.89. The summed E-state index contributed by atoms with van der Waals surface area (Å²) in [5.74, 6) is 2.33. The molecule has 0 saturated carbocycles. The average molecular weight is 365 g/mol. The molecule has 136 valence electrons. The maximum Gasteiger partial charge on any atom is 0.243 e. The van der Waals surface area contributed by atoms with Gasteiger partial charge in [0, 0.05) is 32.5 Å². The van der Waals surface area contributed by atoms with Crippen LogP contribution >= 0.6 is 0 Å². The Labute approximate surface area is 148 Å². The Morgan fingerprint density at radius 2 is 2.08 bits per heavy atom. The summed E-state index contributed by atoms with van der Waals surface area (Å²) in [6.07, 6.45) is 3.41. The molecule has 1 fully saturated rings. The van der Waals surface area contributed by atoms with Crippen molar-refractivity contribution in [3.8, 4) is 5.75 Å². The van der Waals surface area contributed by atoms with Crippen molar-refractivity contribution < 1.29 is 17.7 Å². The van der Waals surface area contributed by atoms with Crippen molar-refractivity contribution in [2.45, 2.75) is 37.5 Å². The van der Waals surface area contributed by atoms with Crippen LogP contribution < -0.4 is 4.74 Å². The van der Waals surface area contributed by atoms with Crippen LogP contribution in [0.15, 0.2) is 33.7 Å². The van der Waals surface area contributed by atoms with Crippen molar-refractivity contribution in [3.63, 3.8) is 0 Å². The smallest absolute Gasteiger partial charge is 0.243 e. The van der Waals surface area contributed by atoms with Gasteiger partial charge in [0.05, 0.1) is 12.0 Å². The molecule has 0 atom stereocenters. The topological polar surface area (TPSA) is 85.5 Å². The van der Waals surface area contributed by atoms with Gasteiger partial charge in [0.2, 0.25) is 15.9 Å². The Bertz CT molecular complexity index is 811. The molecule has 0 aliphatic carbocycles. The van der Waals surface area contributed by atoms with E-state index in [0.717, 1.165) is 31.5 Å². The van der Waals surface area contributed by atoms with Crippen LogP contribution in [0.25, 0.3) is 0 Å². The summed E-state index contributed by atoms with van der Waals surface area (Å²) in [5, 5.41) is 3.91. The molecule has 1 aliphatic rings. The van der Waals surface area contributed by atoms with Crippen LogP contribution in [-0.2, 0) is 16.4 Å². The minimum absolute atomic E-state index is 0.285. The fraction of sp³-hybridized carbons (Fsp3) is 0.529. The molecule has 0 amide bonds. The number of rotatable bonds is 6. The first-order chi connectivity index (χ1) is 12.0. The third kappa shape index (κ3) is 4.19. The van der Waals surface area contributed by atoms with Gasteiger partial charge in [0.15, 0.2) is 5.82 Å².